The molecule has 0 aromatic heterocycles. The lowest BCUT2D eigenvalue weighted by Crippen LogP contribution is -2.43. The fraction of sp³-hybridized carbons (Fsp3) is 1.00. The van der Waals surface area contributed by atoms with E-state index in [1.54, 1.807) is 0 Å². The number of piperidine rings is 1. The Morgan fingerprint density at radius 2 is 1.89 bits per heavy atom. The van der Waals surface area contributed by atoms with Crippen LogP contribution in [-0.4, -0.2) is 30.6 Å². The van der Waals surface area contributed by atoms with E-state index in [9.17, 15) is 0 Å². The number of likely N-dealkylation sites (tertiary alicyclic amines) is 1. The second-order valence-electron chi connectivity index (χ2n) is 7.68. The molecule has 0 aliphatic carbocycles. The van der Waals surface area contributed by atoms with Crippen LogP contribution in [0.2, 0.25) is 0 Å². The van der Waals surface area contributed by atoms with Crippen molar-refractivity contribution >= 4 is 0 Å². The van der Waals surface area contributed by atoms with Crippen molar-refractivity contribution in [1.82, 2.24) is 4.90 Å². The first-order valence-electron chi connectivity index (χ1n) is 8.30. The van der Waals surface area contributed by atoms with Gasteiger partial charge in [-0.25, -0.2) is 0 Å². The van der Waals surface area contributed by atoms with E-state index in [-0.39, 0.29) is 0 Å². The van der Waals surface area contributed by atoms with Gasteiger partial charge in [-0.05, 0) is 75.9 Å². The van der Waals surface area contributed by atoms with Gasteiger partial charge in [0.05, 0.1) is 0 Å². The largest absolute Gasteiger partial charge is 0.330 e. The zero-order valence-corrected chi connectivity index (χ0v) is 13.9. The summed E-state index contributed by atoms with van der Waals surface area (Å²) in [5.74, 6) is 1.64. The van der Waals surface area contributed by atoms with Gasteiger partial charge in [0, 0.05) is 6.04 Å². The molecule has 0 spiro atoms. The van der Waals surface area contributed by atoms with Crippen molar-refractivity contribution in [2.24, 2.45) is 23.0 Å². The molecule has 0 saturated carbocycles. The van der Waals surface area contributed by atoms with Crippen molar-refractivity contribution < 1.29 is 0 Å². The molecule has 1 fully saturated rings. The first-order valence-corrected chi connectivity index (χ1v) is 8.30. The van der Waals surface area contributed by atoms with Gasteiger partial charge in [0.2, 0.25) is 0 Å². The van der Waals surface area contributed by atoms with E-state index in [1.807, 2.05) is 0 Å². The van der Waals surface area contributed by atoms with Gasteiger partial charge in [-0.1, -0.05) is 27.7 Å². The van der Waals surface area contributed by atoms with Crippen LogP contribution in [0.1, 0.15) is 66.7 Å². The molecular formula is C17H36N2. The molecule has 1 heterocycles. The molecule has 2 nitrogen and oxygen atoms in total. The monoisotopic (exact) mass is 268 g/mol. The van der Waals surface area contributed by atoms with E-state index in [4.69, 9.17) is 5.73 Å². The number of nitrogens with two attached hydrogens (primary N) is 1. The highest BCUT2D eigenvalue weighted by molar-refractivity contribution is 4.80. The first-order chi connectivity index (χ1) is 8.86. The van der Waals surface area contributed by atoms with E-state index >= 15 is 0 Å². The maximum absolute atomic E-state index is 5.77. The molecule has 1 aliphatic rings. The van der Waals surface area contributed by atoms with Crippen LogP contribution in [0.5, 0.6) is 0 Å². The van der Waals surface area contributed by atoms with Crippen LogP contribution in [0, 0.1) is 17.3 Å². The number of hydrogen-bond donors (Lipinski definition) is 1. The van der Waals surface area contributed by atoms with Gasteiger partial charge >= 0.3 is 0 Å². The maximum atomic E-state index is 5.77. The molecule has 0 aromatic carbocycles. The molecule has 2 N–H and O–H groups in total. The predicted octanol–water partition coefficient (Wildman–Crippen LogP) is 3.90. The number of hydrogen-bond acceptors (Lipinski definition) is 2. The molecule has 0 bridgehead atoms. The third kappa shape index (κ3) is 5.43. The highest BCUT2D eigenvalue weighted by Crippen LogP contribution is 2.32. The van der Waals surface area contributed by atoms with Crippen molar-refractivity contribution in [3.8, 4) is 0 Å². The average molecular weight is 268 g/mol. The topological polar surface area (TPSA) is 29.3 Å². The average Bonchev–Trinajstić information content (AvgIpc) is 2.32. The summed E-state index contributed by atoms with van der Waals surface area (Å²) in [7, 11) is 0. The Balaban J connectivity index is 2.35. The minimum Gasteiger partial charge on any atom is -0.330 e. The van der Waals surface area contributed by atoms with Crippen LogP contribution < -0.4 is 5.73 Å². The molecule has 3 unspecified atom stereocenters. The maximum Gasteiger partial charge on any atom is 0.00925 e. The summed E-state index contributed by atoms with van der Waals surface area (Å²) < 4.78 is 0. The summed E-state index contributed by atoms with van der Waals surface area (Å²) in [6, 6.07) is 0.774. The van der Waals surface area contributed by atoms with E-state index < -0.39 is 0 Å². The Kier molecular flexibility index (Phi) is 6.82. The van der Waals surface area contributed by atoms with E-state index in [1.165, 1.54) is 45.2 Å². The molecule has 1 rings (SSSR count). The zero-order valence-electron chi connectivity index (χ0n) is 13.9. The summed E-state index contributed by atoms with van der Waals surface area (Å²) in [6.45, 7) is 15.3. The third-order valence-electron chi connectivity index (χ3n) is 5.24. The predicted molar refractivity (Wildman–Crippen MR) is 85.3 cm³/mol. The minimum atomic E-state index is 0.403. The molecule has 2 heteroatoms. The Labute approximate surface area is 121 Å². The SMILES string of the molecule is CC1CCCN(CCCC(CCN)C(C)(C)C)C1C. The number of nitrogens with zero attached hydrogens (tertiary/aromatic N) is 1. The fourth-order valence-electron chi connectivity index (χ4n) is 3.49. The Morgan fingerprint density at radius 3 is 2.47 bits per heavy atom. The highest BCUT2D eigenvalue weighted by atomic mass is 15.2. The van der Waals surface area contributed by atoms with Gasteiger partial charge < -0.3 is 10.6 Å². The van der Waals surface area contributed by atoms with Gasteiger partial charge in [-0.2, -0.15) is 0 Å². The molecule has 3 atom stereocenters. The van der Waals surface area contributed by atoms with Crippen LogP contribution in [0.25, 0.3) is 0 Å². The minimum absolute atomic E-state index is 0.403. The summed E-state index contributed by atoms with van der Waals surface area (Å²) >= 11 is 0. The molecule has 0 amide bonds. The van der Waals surface area contributed by atoms with Crippen molar-refractivity contribution in [2.45, 2.75) is 72.8 Å². The Hall–Kier alpha value is -0.0800. The molecular weight excluding hydrogens is 232 g/mol. The standard InChI is InChI=1S/C17H36N2/c1-14-8-6-12-19(15(14)2)13-7-9-16(10-11-18)17(3,4)5/h14-16H,6-13,18H2,1-5H3. The first kappa shape index (κ1) is 17.0. The Bertz CT molecular complexity index is 244. The fourth-order valence-corrected chi connectivity index (χ4v) is 3.49. The summed E-state index contributed by atoms with van der Waals surface area (Å²) in [4.78, 5) is 2.70. The molecule has 114 valence electrons. The summed E-state index contributed by atoms with van der Waals surface area (Å²) in [5.41, 5.74) is 6.17. The lowest BCUT2D eigenvalue weighted by molar-refractivity contribution is 0.105. The normalized spacial score (nSPS) is 27.5. The summed E-state index contributed by atoms with van der Waals surface area (Å²) in [5, 5.41) is 0. The van der Waals surface area contributed by atoms with Gasteiger partial charge in [0.1, 0.15) is 0 Å². The quantitative estimate of drug-likeness (QED) is 0.791. The van der Waals surface area contributed by atoms with Crippen LogP contribution in [0.4, 0.5) is 0 Å². The van der Waals surface area contributed by atoms with E-state index in [0.717, 1.165) is 24.4 Å². The van der Waals surface area contributed by atoms with Gasteiger partial charge in [-0.15, -0.1) is 0 Å². The molecule has 0 aromatic rings. The third-order valence-corrected chi connectivity index (χ3v) is 5.24. The smallest absolute Gasteiger partial charge is 0.00925 e. The number of rotatable bonds is 6. The molecule has 1 saturated heterocycles. The second kappa shape index (κ2) is 7.64. The lowest BCUT2D eigenvalue weighted by Gasteiger charge is -2.38. The van der Waals surface area contributed by atoms with Gasteiger partial charge in [0.15, 0.2) is 0 Å². The Morgan fingerprint density at radius 1 is 1.21 bits per heavy atom. The van der Waals surface area contributed by atoms with E-state index in [2.05, 4.69) is 39.5 Å². The van der Waals surface area contributed by atoms with Crippen LogP contribution in [-0.2, 0) is 0 Å². The molecule has 1 aliphatic heterocycles. The van der Waals surface area contributed by atoms with Crippen molar-refractivity contribution in [1.29, 1.82) is 0 Å². The van der Waals surface area contributed by atoms with Crippen LogP contribution in [0.3, 0.4) is 0 Å². The zero-order chi connectivity index (χ0) is 14.5. The second-order valence-corrected chi connectivity index (χ2v) is 7.68. The van der Waals surface area contributed by atoms with Crippen molar-refractivity contribution in [3.63, 3.8) is 0 Å². The highest BCUT2D eigenvalue weighted by Gasteiger charge is 2.26. The van der Waals surface area contributed by atoms with Crippen LogP contribution in [0.15, 0.2) is 0 Å². The van der Waals surface area contributed by atoms with Gasteiger partial charge in [0.25, 0.3) is 0 Å². The summed E-state index contributed by atoms with van der Waals surface area (Å²) in [6.07, 6.45) is 6.64. The molecule has 0 radical (unpaired) electrons. The van der Waals surface area contributed by atoms with Crippen LogP contribution >= 0.6 is 0 Å². The van der Waals surface area contributed by atoms with E-state index in [0.29, 0.717) is 5.41 Å². The van der Waals surface area contributed by atoms with Crippen molar-refractivity contribution in [2.75, 3.05) is 19.6 Å². The molecule has 19 heavy (non-hydrogen) atoms. The van der Waals surface area contributed by atoms with Gasteiger partial charge in [-0.3, -0.25) is 0 Å². The lowest BCUT2D eigenvalue weighted by atomic mass is 9.76. The van der Waals surface area contributed by atoms with Crippen molar-refractivity contribution in [3.05, 3.63) is 0 Å².